The molecule has 0 aliphatic carbocycles. The molecule has 96 valence electrons. The molecule has 0 saturated heterocycles. The van der Waals surface area contributed by atoms with Gasteiger partial charge >= 0.3 is 0 Å². The van der Waals surface area contributed by atoms with Crippen LogP contribution < -0.4 is 11.1 Å². The van der Waals surface area contributed by atoms with Crippen LogP contribution in [-0.4, -0.2) is 33.7 Å². The van der Waals surface area contributed by atoms with E-state index in [2.05, 4.69) is 10.4 Å². The highest BCUT2D eigenvalue weighted by atomic mass is 32.2. The number of amides is 1. The largest absolute Gasteiger partial charge is 0.351 e. The Morgan fingerprint density at radius 1 is 1.71 bits per heavy atom. The highest BCUT2D eigenvalue weighted by Gasteiger charge is 2.13. The van der Waals surface area contributed by atoms with Gasteiger partial charge in [-0.05, 0) is 25.4 Å². The van der Waals surface area contributed by atoms with Crippen molar-refractivity contribution in [3.63, 3.8) is 0 Å². The first-order valence-electron chi connectivity index (χ1n) is 5.56. The fourth-order valence-electron chi connectivity index (χ4n) is 1.41. The molecule has 1 heterocycles. The summed E-state index contributed by atoms with van der Waals surface area (Å²) < 4.78 is 1.79. The zero-order valence-electron chi connectivity index (χ0n) is 10.6. The summed E-state index contributed by atoms with van der Waals surface area (Å²) in [6.07, 6.45) is 4.48. The topological polar surface area (TPSA) is 72.9 Å². The molecule has 0 saturated carbocycles. The molecule has 0 aliphatic heterocycles. The van der Waals surface area contributed by atoms with Gasteiger partial charge < -0.3 is 11.1 Å². The summed E-state index contributed by atoms with van der Waals surface area (Å²) in [4.78, 5) is 11.7. The highest BCUT2D eigenvalue weighted by molar-refractivity contribution is 7.98. The molecule has 1 atom stereocenters. The van der Waals surface area contributed by atoms with Gasteiger partial charge in [-0.2, -0.15) is 16.9 Å². The number of aryl methyl sites for hydroxylation is 1. The lowest BCUT2D eigenvalue weighted by molar-refractivity contribution is -0.122. The molecule has 0 spiro atoms. The van der Waals surface area contributed by atoms with Crippen LogP contribution in [0.1, 0.15) is 17.7 Å². The number of hydrogen-bond acceptors (Lipinski definition) is 4. The van der Waals surface area contributed by atoms with Crippen LogP contribution in [0.5, 0.6) is 0 Å². The summed E-state index contributed by atoms with van der Waals surface area (Å²) in [5.41, 5.74) is 7.85. The fourth-order valence-corrected chi connectivity index (χ4v) is 1.90. The lowest BCUT2D eigenvalue weighted by Gasteiger charge is -2.11. The third kappa shape index (κ3) is 4.05. The predicted octanol–water partition coefficient (Wildman–Crippen LogP) is 0.425. The molecule has 1 aromatic heterocycles. The van der Waals surface area contributed by atoms with Crippen molar-refractivity contribution in [1.29, 1.82) is 0 Å². The molecule has 6 heteroatoms. The van der Waals surface area contributed by atoms with Gasteiger partial charge in [0.2, 0.25) is 5.91 Å². The van der Waals surface area contributed by atoms with E-state index in [4.69, 9.17) is 5.73 Å². The molecular weight excluding hydrogens is 236 g/mol. The average molecular weight is 256 g/mol. The minimum Gasteiger partial charge on any atom is -0.351 e. The van der Waals surface area contributed by atoms with Crippen LogP contribution in [-0.2, 0) is 18.4 Å². The van der Waals surface area contributed by atoms with Gasteiger partial charge in [-0.25, -0.2) is 0 Å². The fraction of sp³-hybridized carbons (Fsp3) is 0.636. The molecule has 0 fully saturated rings. The average Bonchev–Trinajstić information content (AvgIpc) is 2.64. The van der Waals surface area contributed by atoms with Crippen molar-refractivity contribution in [2.75, 3.05) is 12.0 Å². The zero-order chi connectivity index (χ0) is 12.8. The molecule has 5 nitrogen and oxygen atoms in total. The Bertz CT molecular complexity index is 378. The number of nitrogens with two attached hydrogens (primary N) is 1. The molecule has 17 heavy (non-hydrogen) atoms. The molecule has 1 amide bonds. The van der Waals surface area contributed by atoms with Crippen LogP contribution in [0.15, 0.2) is 6.20 Å². The van der Waals surface area contributed by atoms with Crippen LogP contribution in [0.2, 0.25) is 0 Å². The van der Waals surface area contributed by atoms with Gasteiger partial charge in [-0.3, -0.25) is 9.48 Å². The Morgan fingerprint density at radius 2 is 2.41 bits per heavy atom. The monoisotopic (exact) mass is 256 g/mol. The highest BCUT2D eigenvalue weighted by Crippen LogP contribution is 2.05. The Balaban J connectivity index is 2.40. The summed E-state index contributed by atoms with van der Waals surface area (Å²) in [5, 5.41) is 6.95. The number of nitrogens with one attached hydrogen (secondary N) is 1. The number of carbonyl (C=O) groups is 1. The first kappa shape index (κ1) is 14.1. The molecule has 1 rings (SSSR count). The maximum atomic E-state index is 11.7. The number of nitrogens with zero attached hydrogens (tertiary/aromatic N) is 2. The number of carbonyl (C=O) groups excluding carboxylic acids is 1. The van der Waals surface area contributed by atoms with E-state index in [1.807, 2.05) is 20.2 Å². The Hall–Kier alpha value is -1.01. The Labute approximate surface area is 106 Å². The van der Waals surface area contributed by atoms with E-state index in [9.17, 15) is 4.79 Å². The Morgan fingerprint density at radius 3 is 2.94 bits per heavy atom. The van der Waals surface area contributed by atoms with Crippen molar-refractivity contribution in [2.45, 2.75) is 25.9 Å². The minimum absolute atomic E-state index is 0.0951. The maximum Gasteiger partial charge on any atom is 0.237 e. The maximum absolute atomic E-state index is 11.7. The standard InChI is InChI=1S/C11H20N4OS/c1-8-9(7-14-15(8)2)6-13-11(16)10(12)4-5-17-3/h7,10H,4-6,12H2,1-3H3,(H,13,16)/t10-/m1/s1. The first-order valence-corrected chi connectivity index (χ1v) is 6.95. The van der Waals surface area contributed by atoms with Crippen molar-refractivity contribution >= 4 is 17.7 Å². The quantitative estimate of drug-likeness (QED) is 0.774. The molecule has 0 radical (unpaired) electrons. The van der Waals surface area contributed by atoms with Gasteiger partial charge in [-0.1, -0.05) is 0 Å². The van der Waals surface area contributed by atoms with Gasteiger partial charge in [0, 0.05) is 24.8 Å². The molecule has 1 aromatic rings. The lowest BCUT2D eigenvalue weighted by atomic mass is 10.2. The SMILES string of the molecule is CSCC[C@@H](N)C(=O)NCc1cnn(C)c1C. The van der Waals surface area contributed by atoms with Gasteiger partial charge in [0.05, 0.1) is 12.2 Å². The number of thioether (sulfide) groups is 1. The summed E-state index contributed by atoms with van der Waals surface area (Å²) >= 11 is 1.69. The normalized spacial score (nSPS) is 12.5. The zero-order valence-corrected chi connectivity index (χ0v) is 11.4. The summed E-state index contributed by atoms with van der Waals surface area (Å²) in [6.45, 7) is 2.47. The molecule has 3 N–H and O–H groups in total. The van der Waals surface area contributed by atoms with Gasteiger partial charge in [0.25, 0.3) is 0 Å². The summed E-state index contributed by atoms with van der Waals surface area (Å²) in [7, 11) is 1.88. The van der Waals surface area contributed by atoms with Gasteiger partial charge in [0.1, 0.15) is 0 Å². The first-order chi connectivity index (χ1) is 8.06. The third-order valence-electron chi connectivity index (χ3n) is 2.76. The van der Waals surface area contributed by atoms with Crippen molar-refractivity contribution in [3.05, 3.63) is 17.5 Å². The van der Waals surface area contributed by atoms with E-state index in [1.165, 1.54) is 0 Å². The smallest absolute Gasteiger partial charge is 0.237 e. The number of hydrogen-bond donors (Lipinski definition) is 2. The van der Waals surface area contributed by atoms with E-state index in [0.29, 0.717) is 13.0 Å². The molecule has 0 aliphatic rings. The second kappa shape index (κ2) is 6.66. The van der Waals surface area contributed by atoms with Crippen molar-refractivity contribution in [1.82, 2.24) is 15.1 Å². The van der Waals surface area contributed by atoms with Gasteiger partial charge in [0.15, 0.2) is 0 Å². The summed E-state index contributed by atoms with van der Waals surface area (Å²) in [5.74, 6) is 0.808. The molecule has 0 bridgehead atoms. The predicted molar refractivity (Wildman–Crippen MR) is 70.8 cm³/mol. The lowest BCUT2D eigenvalue weighted by Crippen LogP contribution is -2.40. The van der Waals surface area contributed by atoms with Crippen molar-refractivity contribution in [2.24, 2.45) is 12.8 Å². The number of aromatic nitrogens is 2. The molecule has 0 unspecified atom stereocenters. The van der Waals surface area contributed by atoms with E-state index in [-0.39, 0.29) is 5.91 Å². The minimum atomic E-state index is -0.417. The van der Waals surface area contributed by atoms with Crippen LogP contribution in [0, 0.1) is 6.92 Å². The van der Waals surface area contributed by atoms with Crippen LogP contribution in [0.25, 0.3) is 0 Å². The third-order valence-corrected chi connectivity index (χ3v) is 3.40. The van der Waals surface area contributed by atoms with E-state index in [0.717, 1.165) is 17.0 Å². The van der Waals surface area contributed by atoms with Crippen LogP contribution in [0.4, 0.5) is 0 Å². The van der Waals surface area contributed by atoms with E-state index < -0.39 is 6.04 Å². The van der Waals surface area contributed by atoms with E-state index >= 15 is 0 Å². The van der Waals surface area contributed by atoms with Crippen LogP contribution >= 0.6 is 11.8 Å². The van der Waals surface area contributed by atoms with Crippen molar-refractivity contribution < 1.29 is 4.79 Å². The molecular formula is C11H20N4OS. The second-order valence-electron chi connectivity index (χ2n) is 3.98. The summed E-state index contributed by atoms with van der Waals surface area (Å²) in [6, 6.07) is -0.417. The second-order valence-corrected chi connectivity index (χ2v) is 4.97. The van der Waals surface area contributed by atoms with E-state index in [1.54, 1.807) is 22.6 Å². The number of rotatable bonds is 6. The van der Waals surface area contributed by atoms with Crippen molar-refractivity contribution in [3.8, 4) is 0 Å². The Kier molecular flexibility index (Phi) is 5.50. The molecule has 0 aromatic carbocycles. The van der Waals surface area contributed by atoms with Crippen LogP contribution in [0.3, 0.4) is 0 Å². The van der Waals surface area contributed by atoms with Gasteiger partial charge in [-0.15, -0.1) is 0 Å².